The number of carbonyl (C=O) groups is 1. The molecular formula is C15H21N3O3. The minimum absolute atomic E-state index is 0.0149. The van der Waals surface area contributed by atoms with Crippen molar-refractivity contribution in [2.45, 2.75) is 51.2 Å². The van der Waals surface area contributed by atoms with Crippen LogP contribution in [0.2, 0.25) is 0 Å². The van der Waals surface area contributed by atoms with Gasteiger partial charge in [-0.15, -0.1) is 0 Å². The van der Waals surface area contributed by atoms with Crippen molar-refractivity contribution in [2.75, 3.05) is 0 Å². The second kappa shape index (κ2) is 6.22. The maximum atomic E-state index is 12.4. The van der Waals surface area contributed by atoms with Gasteiger partial charge in [-0.3, -0.25) is 14.9 Å². The van der Waals surface area contributed by atoms with Crippen LogP contribution in [0.15, 0.2) is 24.3 Å². The van der Waals surface area contributed by atoms with Crippen LogP contribution in [0.3, 0.4) is 0 Å². The van der Waals surface area contributed by atoms with E-state index in [1.165, 1.54) is 6.07 Å². The summed E-state index contributed by atoms with van der Waals surface area (Å²) >= 11 is 0. The Hall–Kier alpha value is -1.95. The van der Waals surface area contributed by atoms with Crippen LogP contribution in [-0.2, 0) is 4.79 Å². The molecule has 2 N–H and O–H groups in total. The Morgan fingerprint density at radius 2 is 2.05 bits per heavy atom. The number of nitrogens with two attached hydrogens (primary N) is 1. The van der Waals surface area contributed by atoms with E-state index >= 15 is 0 Å². The molecule has 1 aromatic rings. The number of carbonyl (C=O) groups excluding carboxylic acids is 1. The summed E-state index contributed by atoms with van der Waals surface area (Å²) < 4.78 is 0. The molecule has 2 rings (SSSR count). The van der Waals surface area contributed by atoms with E-state index in [1.54, 1.807) is 23.1 Å². The number of nitro groups is 1. The number of para-hydroxylation sites is 1. The highest BCUT2D eigenvalue weighted by atomic mass is 16.6. The molecule has 21 heavy (non-hydrogen) atoms. The maximum absolute atomic E-state index is 12.4. The fraction of sp³-hybridized carbons (Fsp3) is 0.533. The number of nitrogens with zero attached hydrogens (tertiary/aromatic N) is 2. The Labute approximate surface area is 124 Å². The van der Waals surface area contributed by atoms with Gasteiger partial charge in [0.1, 0.15) is 0 Å². The maximum Gasteiger partial charge on any atom is 0.274 e. The van der Waals surface area contributed by atoms with Crippen molar-refractivity contribution in [2.24, 2.45) is 5.73 Å². The Kier molecular flexibility index (Phi) is 4.57. The predicted molar refractivity (Wildman–Crippen MR) is 79.6 cm³/mol. The van der Waals surface area contributed by atoms with Gasteiger partial charge in [-0.2, -0.15) is 0 Å². The molecule has 1 fully saturated rings. The third kappa shape index (κ3) is 3.05. The van der Waals surface area contributed by atoms with Crippen molar-refractivity contribution < 1.29 is 9.72 Å². The number of likely N-dealkylation sites (tertiary alicyclic amines) is 1. The van der Waals surface area contributed by atoms with Gasteiger partial charge in [0.2, 0.25) is 5.91 Å². The third-order valence-electron chi connectivity index (χ3n) is 3.93. The standard InChI is InChI=1S/C15H21N3O3/c1-10(2)17-14(19)9-5-7-12(16)15(17)11-6-3-4-8-13(11)18(20)21/h3-4,6,8,10,12,15H,5,7,9,16H2,1-2H3. The lowest BCUT2D eigenvalue weighted by molar-refractivity contribution is -0.386. The van der Waals surface area contributed by atoms with Crippen molar-refractivity contribution in [3.63, 3.8) is 0 Å². The van der Waals surface area contributed by atoms with Crippen molar-refractivity contribution in [1.29, 1.82) is 0 Å². The Morgan fingerprint density at radius 3 is 2.67 bits per heavy atom. The van der Waals surface area contributed by atoms with E-state index in [0.717, 1.165) is 6.42 Å². The molecule has 1 heterocycles. The van der Waals surface area contributed by atoms with Crippen molar-refractivity contribution in [3.05, 3.63) is 39.9 Å². The molecule has 0 saturated carbocycles. The fourth-order valence-electron chi connectivity index (χ4n) is 3.03. The molecule has 1 saturated heterocycles. The van der Waals surface area contributed by atoms with E-state index in [-0.39, 0.29) is 23.7 Å². The molecule has 1 amide bonds. The van der Waals surface area contributed by atoms with Crippen LogP contribution in [0.25, 0.3) is 0 Å². The van der Waals surface area contributed by atoms with E-state index < -0.39 is 11.0 Å². The topological polar surface area (TPSA) is 89.5 Å². The van der Waals surface area contributed by atoms with Crippen molar-refractivity contribution in [3.8, 4) is 0 Å². The van der Waals surface area contributed by atoms with Gasteiger partial charge in [-0.1, -0.05) is 18.2 Å². The fourth-order valence-corrected chi connectivity index (χ4v) is 3.03. The van der Waals surface area contributed by atoms with Crippen LogP contribution in [-0.4, -0.2) is 27.8 Å². The minimum atomic E-state index is -0.443. The summed E-state index contributed by atoms with van der Waals surface area (Å²) in [5.74, 6) is 0.0149. The zero-order valence-electron chi connectivity index (χ0n) is 12.4. The Balaban J connectivity index is 2.55. The first kappa shape index (κ1) is 15.4. The molecule has 0 spiro atoms. The van der Waals surface area contributed by atoms with Crippen LogP contribution in [0.1, 0.15) is 44.7 Å². The molecule has 2 unspecified atom stereocenters. The lowest BCUT2D eigenvalue weighted by Crippen LogP contribution is -2.45. The quantitative estimate of drug-likeness (QED) is 0.684. The summed E-state index contributed by atoms with van der Waals surface area (Å²) in [6, 6.07) is 5.77. The molecule has 6 heteroatoms. The van der Waals surface area contributed by atoms with Gasteiger partial charge in [-0.05, 0) is 26.7 Å². The number of benzene rings is 1. The van der Waals surface area contributed by atoms with E-state index in [9.17, 15) is 14.9 Å². The van der Waals surface area contributed by atoms with Crippen molar-refractivity contribution in [1.82, 2.24) is 4.90 Å². The van der Waals surface area contributed by atoms with Crippen LogP contribution in [0.4, 0.5) is 5.69 Å². The number of hydrogen-bond acceptors (Lipinski definition) is 4. The highest BCUT2D eigenvalue weighted by molar-refractivity contribution is 5.77. The van der Waals surface area contributed by atoms with Crippen LogP contribution in [0, 0.1) is 10.1 Å². The summed E-state index contributed by atoms with van der Waals surface area (Å²) in [7, 11) is 0. The van der Waals surface area contributed by atoms with E-state index in [4.69, 9.17) is 5.73 Å². The van der Waals surface area contributed by atoms with Gasteiger partial charge in [0.15, 0.2) is 0 Å². The average molecular weight is 291 g/mol. The number of rotatable bonds is 3. The molecule has 1 aromatic carbocycles. The first-order valence-corrected chi connectivity index (χ1v) is 7.23. The monoisotopic (exact) mass is 291 g/mol. The first-order chi connectivity index (χ1) is 9.93. The van der Waals surface area contributed by atoms with Gasteiger partial charge in [0, 0.05) is 24.6 Å². The molecule has 0 bridgehead atoms. The smallest absolute Gasteiger partial charge is 0.274 e. The zero-order chi connectivity index (χ0) is 15.6. The highest BCUT2D eigenvalue weighted by Gasteiger charge is 2.37. The molecule has 6 nitrogen and oxygen atoms in total. The minimum Gasteiger partial charge on any atom is -0.331 e. The number of nitro benzene ring substituents is 1. The van der Waals surface area contributed by atoms with Crippen LogP contribution in [0.5, 0.6) is 0 Å². The first-order valence-electron chi connectivity index (χ1n) is 7.23. The normalized spacial score (nSPS) is 23.2. The predicted octanol–water partition coefficient (Wildman–Crippen LogP) is 2.38. The second-order valence-corrected chi connectivity index (χ2v) is 5.71. The second-order valence-electron chi connectivity index (χ2n) is 5.71. The third-order valence-corrected chi connectivity index (χ3v) is 3.93. The molecule has 2 atom stereocenters. The molecule has 1 aliphatic heterocycles. The van der Waals surface area contributed by atoms with E-state index in [0.29, 0.717) is 18.4 Å². The van der Waals surface area contributed by atoms with Gasteiger partial charge >= 0.3 is 0 Å². The van der Waals surface area contributed by atoms with Gasteiger partial charge in [0.05, 0.1) is 16.5 Å². The molecule has 0 aliphatic carbocycles. The lowest BCUT2D eigenvalue weighted by Gasteiger charge is -2.36. The summed E-state index contributed by atoms with van der Waals surface area (Å²) in [5, 5.41) is 11.3. The lowest BCUT2D eigenvalue weighted by atomic mass is 9.94. The molecular weight excluding hydrogens is 270 g/mol. The zero-order valence-corrected chi connectivity index (χ0v) is 12.4. The number of amides is 1. The van der Waals surface area contributed by atoms with Crippen molar-refractivity contribution >= 4 is 11.6 Å². The van der Waals surface area contributed by atoms with E-state index in [2.05, 4.69) is 0 Å². The highest BCUT2D eigenvalue weighted by Crippen LogP contribution is 2.36. The summed E-state index contributed by atoms with van der Waals surface area (Å²) in [4.78, 5) is 24.9. The van der Waals surface area contributed by atoms with E-state index in [1.807, 2.05) is 13.8 Å². The Morgan fingerprint density at radius 1 is 1.38 bits per heavy atom. The SMILES string of the molecule is CC(C)N1C(=O)CCCC(N)C1c1ccccc1[N+](=O)[O-]. The van der Waals surface area contributed by atoms with Crippen LogP contribution >= 0.6 is 0 Å². The van der Waals surface area contributed by atoms with Gasteiger partial charge < -0.3 is 10.6 Å². The molecule has 0 radical (unpaired) electrons. The van der Waals surface area contributed by atoms with Crippen LogP contribution < -0.4 is 5.73 Å². The van der Waals surface area contributed by atoms with Gasteiger partial charge in [0.25, 0.3) is 5.69 Å². The summed E-state index contributed by atoms with van der Waals surface area (Å²) in [6.07, 6.45) is 1.86. The molecule has 114 valence electrons. The Bertz CT molecular complexity index is 545. The van der Waals surface area contributed by atoms with Gasteiger partial charge in [-0.25, -0.2) is 0 Å². The largest absolute Gasteiger partial charge is 0.331 e. The average Bonchev–Trinajstić information content (AvgIpc) is 2.57. The number of hydrogen-bond donors (Lipinski definition) is 1. The summed E-state index contributed by atoms with van der Waals surface area (Å²) in [5.41, 5.74) is 6.81. The summed E-state index contributed by atoms with van der Waals surface area (Å²) in [6.45, 7) is 3.83. The molecule has 0 aromatic heterocycles. The molecule has 1 aliphatic rings.